The van der Waals surface area contributed by atoms with Crippen LogP contribution in [0.1, 0.15) is 13.8 Å². The van der Waals surface area contributed by atoms with Crippen molar-refractivity contribution in [3.63, 3.8) is 0 Å². The van der Waals surface area contributed by atoms with E-state index in [1.165, 1.54) is 13.2 Å². The molecule has 0 aromatic heterocycles. The summed E-state index contributed by atoms with van der Waals surface area (Å²) in [5.41, 5.74) is 3.50. The maximum absolute atomic E-state index is 13.5. The molecular weight excluding hydrogens is 263 g/mol. The van der Waals surface area contributed by atoms with Crippen LogP contribution in [0.3, 0.4) is 0 Å². The lowest BCUT2D eigenvalue weighted by Gasteiger charge is -2.16. The highest BCUT2D eigenvalue weighted by atomic mass is 79.9. The zero-order chi connectivity index (χ0) is 11.4. The van der Waals surface area contributed by atoms with E-state index in [4.69, 9.17) is 4.84 Å². The third kappa shape index (κ3) is 3.35. The SMILES string of the molecule is CONc1c(F)cc(Br)cc1NC(C)C. The maximum atomic E-state index is 13.5. The normalized spacial score (nSPS) is 10.5. The Bertz CT molecular complexity index is 344. The van der Waals surface area contributed by atoms with E-state index in [1.807, 2.05) is 13.8 Å². The van der Waals surface area contributed by atoms with Crippen molar-refractivity contribution in [2.75, 3.05) is 17.9 Å². The molecule has 0 unspecified atom stereocenters. The molecule has 0 aliphatic heterocycles. The monoisotopic (exact) mass is 276 g/mol. The van der Waals surface area contributed by atoms with Gasteiger partial charge in [0.05, 0.1) is 12.8 Å². The van der Waals surface area contributed by atoms with Gasteiger partial charge in [0.2, 0.25) is 0 Å². The molecule has 84 valence electrons. The number of benzene rings is 1. The average molecular weight is 277 g/mol. The summed E-state index contributed by atoms with van der Waals surface area (Å²) in [5.74, 6) is -0.366. The largest absolute Gasteiger partial charge is 0.381 e. The van der Waals surface area contributed by atoms with E-state index in [-0.39, 0.29) is 11.9 Å². The third-order valence-electron chi connectivity index (χ3n) is 1.70. The van der Waals surface area contributed by atoms with Crippen LogP contribution < -0.4 is 10.8 Å². The van der Waals surface area contributed by atoms with Crippen molar-refractivity contribution >= 4 is 27.3 Å². The van der Waals surface area contributed by atoms with E-state index in [1.54, 1.807) is 6.07 Å². The van der Waals surface area contributed by atoms with E-state index in [2.05, 4.69) is 26.7 Å². The van der Waals surface area contributed by atoms with Crippen LogP contribution in [0.25, 0.3) is 0 Å². The molecule has 0 spiro atoms. The van der Waals surface area contributed by atoms with Gasteiger partial charge in [-0.05, 0) is 26.0 Å². The van der Waals surface area contributed by atoms with E-state index in [9.17, 15) is 4.39 Å². The van der Waals surface area contributed by atoms with Crippen molar-refractivity contribution in [3.8, 4) is 0 Å². The third-order valence-corrected chi connectivity index (χ3v) is 2.16. The van der Waals surface area contributed by atoms with Crippen LogP contribution in [-0.2, 0) is 4.84 Å². The molecular formula is C10H14BrFN2O. The smallest absolute Gasteiger partial charge is 0.151 e. The van der Waals surface area contributed by atoms with Gasteiger partial charge in [-0.3, -0.25) is 10.3 Å². The van der Waals surface area contributed by atoms with Crippen LogP contribution in [-0.4, -0.2) is 13.2 Å². The van der Waals surface area contributed by atoms with Crippen molar-refractivity contribution in [2.24, 2.45) is 0 Å². The summed E-state index contributed by atoms with van der Waals surface area (Å²) in [6, 6.07) is 3.40. The Morgan fingerprint density at radius 2 is 2.07 bits per heavy atom. The highest BCUT2D eigenvalue weighted by Gasteiger charge is 2.10. The van der Waals surface area contributed by atoms with E-state index in [0.717, 1.165) is 0 Å². The fraction of sp³-hybridized carbons (Fsp3) is 0.400. The molecule has 0 amide bonds. The first kappa shape index (κ1) is 12.3. The van der Waals surface area contributed by atoms with Crippen LogP contribution in [0.2, 0.25) is 0 Å². The zero-order valence-electron chi connectivity index (χ0n) is 8.90. The second kappa shape index (κ2) is 5.32. The Labute approximate surface area is 97.1 Å². The molecule has 15 heavy (non-hydrogen) atoms. The Balaban J connectivity index is 3.08. The lowest BCUT2D eigenvalue weighted by Crippen LogP contribution is -2.13. The van der Waals surface area contributed by atoms with Gasteiger partial charge in [-0.15, -0.1) is 0 Å². The first-order valence-electron chi connectivity index (χ1n) is 4.59. The first-order valence-corrected chi connectivity index (χ1v) is 5.38. The summed E-state index contributed by atoms with van der Waals surface area (Å²) in [6.45, 7) is 3.96. The number of halogens is 2. The van der Waals surface area contributed by atoms with Gasteiger partial charge in [-0.1, -0.05) is 15.9 Å². The molecule has 0 heterocycles. The Morgan fingerprint density at radius 3 is 2.60 bits per heavy atom. The molecule has 0 atom stereocenters. The van der Waals surface area contributed by atoms with Crippen LogP contribution in [0.5, 0.6) is 0 Å². The van der Waals surface area contributed by atoms with Crippen molar-refractivity contribution in [2.45, 2.75) is 19.9 Å². The van der Waals surface area contributed by atoms with Crippen LogP contribution in [0, 0.1) is 5.82 Å². The molecule has 0 fully saturated rings. The summed E-state index contributed by atoms with van der Waals surface area (Å²) in [6.07, 6.45) is 0. The number of rotatable bonds is 4. The molecule has 2 N–H and O–H groups in total. The Hall–Kier alpha value is -0.810. The molecule has 0 radical (unpaired) electrons. The number of anilines is 2. The second-order valence-electron chi connectivity index (χ2n) is 3.42. The van der Waals surface area contributed by atoms with Gasteiger partial charge in [0.25, 0.3) is 0 Å². The highest BCUT2D eigenvalue weighted by Crippen LogP contribution is 2.30. The minimum Gasteiger partial charge on any atom is -0.381 e. The summed E-state index contributed by atoms with van der Waals surface area (Å²) < 4.78 is 14.2. The molecule has 0 saturated carbocycles. The Kier molecular flexibility index (Phi) is 4.35. The molecule has 3 nitrogen and oxygen atoms in total. The van der Waals surface area contributed by atoms with Crippen LogP contribution >= 0.6 is 15.9 Å². The summed E-state index contributed by atoms with van der Waals surface area (Å²) >= 11 is 3.24. The average Bonchev–Trinajstić information content (AvgIpc) is 2.10. The van der Waals surface area contributed by atoms with Crippen molar-refractivity contribution in [3.05, 3.63) is 22.4 Å². The van der Waals surface area contributed by atoms with E-state index in [0.29, 0.717) is 15.8 Å². The lowest BCUT2D eigenvalue weighted by atomic mass is 10.2. The topological polar surface area (TPSA) is 33.3 Å². The van der Waals surface area contributed by atoms with Gasteiger partial charge in [-0.25, -0.2) is 4.39 Å². The number of hydrogen-bond acceptors (Lipinski definition) is 3. The number of hydrogen-bond donors (Lipinski definition) is 2. The summed E-state index contributed by atoms with van der Waals surface area (Å²) in [4.78, 5) is 4.73. The van der Waals surface area contributed by atoms with Crippen LogP contribution in [0.15, 0.2) is 16.6 Å². The van der Waals surface area contributed by atoms with Crippen molar-refractivity contribution in [1.82, 2.24) is 0 Å². The predicted octanol–water partition coefficient (Wildman–Crippen LogP) is 3.38. The molecule has 0 bridgehead atoms. The molecule has 1 rings (SSSR count). The standard InChI is InChI=1S/C10H14BrFN2O/c1-6(2)13-9-5-7(11)4-8(12)10(9)14-15-3/h4-6,13-14H,1-3H3. The quantitative estimate of drug-likeness (QED) is 0.828. The summed E-state index contributed by atoms with van der Waals surface area (Å²) in [7, 11) is 1.45. The van der Waals surface area contributed by atoms with Crippen molar-refractivity contribution in [1.29, 1.82) is 0 Å². The van der Waals surface area contributed by atoms with Gasteiger partial charge in [0, 0.05) is 10.5 Å². The molecule has 0 aliphatic rings. The second-order valence-corrected chi connectivity index (χ2v) is 4.33. The molecule has 0 aliphatic carbocycles. The minimum absolute atomic E-state index is 0.219. The molecule has 1 aromatic carbocycles. The Morgan fingerprint density at radius 1 is 1.40 bits per heavy atom. The van der Waals surface area contributed by atoms with Gasteiger partial charge in [-0.2, -0.15) is 0 Å². The highest BCUT2D eigenvalue weighted by molar-refractivity contribution is 9.10. The fourth-order valence-corrected chi connectivity index (χ4v) is 1.63. The van der Waals surface area contributed by atoms with Gasteiger partial charge < -0.3 is 5.32 Å². The number of nitrogens with one attached hydrogen (secondary N) is 2. The van der Waals surface area contributed by atoms with Gasteiger partial charge >= 0.3 is 0 Å². The zero-order valence-corrected chi connectivity index (χ0v) is 10.5. The van der Waals surface area contributed by atoms with Crippen molar-refractivity contribution < 1.29 is 9.23 Å². The van der Waals surface area contributed by atoms with Gasteiger partial charge in [0.15, 0.2) is 5.82 Å². The van der Waals surface area contributed by atoms with E-state index >= 15 is 0 Å². The maximum Gasteiger partial charge on any atom is 0.151 e. The minimum atomic E-state index is -0.366. The van der Waals surface area contributed by atoms with Crippen LogP contribution in [0.4, 0.5) is 15.8 Å². The van der Waals surface area contributed by atoms with Gasteiger partial charge in [0.1, 0.15) is 5.69 Å². The first-order chi connectivity index (χ1) is 7.04. The molecule has 0 saturated heterocycles. The molecule has 1 aromatic rings. The molecule has 5 heteroatoms. The fourth-order valence-electron chi connectivity index (χ4n) is 1.20. The lowest BCUT2D eigenvalue weighted by molar-refractivity contribution is 0.269. The van der Waals surface area contributed by atoms with E-state index < -0.39 is 0 Å². The predicted molar refractivity (Wildman–Crippen MR) is 63.5 cm³/mol. The summed E-state index contributed by atoms with van der Waals surface area (Å²) in [5, 5.41) is 3.13.